The molecule has 1 aromatic carbocycles. The van der Waals surface area contributed by atoms with Gasteiger partial charge in [-0.15, -0.1) is 0 Å². The third-order valence-electron chi connectivity index (χ3n) is 4.72. The highest BCUT2D eigenvalue weighted by Gasteiger charge is 2.13. The minimum Gasteiger partial charge on any atom is -0.465 e. The number of carbonyl (C=O) groups excluding carboxylic acids is 1. The Morgan fingerprint density at radius 3 is 2.94 bits per heavy atom. The Balaban J connectivity index is 1.54. The van der Waals surface area contributed by atoms with Crippen LogP contribution in [0, 0.1) is 0 Å². The summed E-state index contributed by atoms with van der Waals surface area (Å²) in [6.45, 7) is 2.55. The zero-order valence-corrected chi connectivity index (χ0v) is 17.1. The lowest BCUT2D eigenvalue weighted by molar-refractivity contribution is -0.144. The average Bonchev–Trinajstić information content (AvgIpc) is 3.22. The van der Waals surface area contributed by atoms with Crippen LogP contribution in [0.15, 0.2) is 61.1 Å². The number of pyridine rings is 2. The van der Waals surface area contributed by atoms with Crippen LogP contribution >= 0.6 is 0 Å². The van der Waals surface area contributed by atoms with Crippen LogP contribution in [-0.2, 0) is 22.6 Å². The molecule has 0 saturated carbocycles. The second-order valence-corrected chi connectivity index (χ2v) is 7.00. The lowest BCUT2D eigenvalue weighted by atomic mass is 10.1. The van der Waals surface area contributed by atoms with Crippen molar-refractivity contribution in [2.24, 2.45) is 5.84 Å². The molecule has 0 bridgehead atoms. The van der Waals surface area contributed by atoms with Gasteiger partial charge in [-0.25, -0.2) is 10.8 Å². The molecular formula is C22H23N7O2. The van der Waals surface area contributed by atoms with Crippen LogP contribution in [0.4, 0.5) is 11.5 Å². The molecule has 31 heavy (non-hydrogen) atoms. The molecule has 0 aliphatic rings. The first-order valence-corrected chi connectivity index (χ1v) is 9.84. The van der Waals surface area contributed by atoms with E-state index >= 15 is 0 Å². The van der Waals surface area contributed by atoms with Crippen LogP contribution in [0.1, 0.15) is 12.5 Å². The van der Waals surface area contributed by atoms with Crippen molar-refractivity contribution in [1.82, 2.24) is 19.7 Å². The van der Waals surface area contributed by atoms with Gasteiger partial charge in [-0.1, -0.05) is 12.1 Å². The third-order valence-corrected chi connectivity index (χ3v) is 4.72. The number of hydrazine groups is 1. The van der Waals surface area contributed by atoms with Gasteiger partial charge < -0.3 is 10.5 Å². The maximum atomic E-state index is 11.7. The second kappa shape index (κ2) is 8.80. The smallest absolute Gasteiger partial charge is 0.327 e. The fraction of sp³-hybridized carbons (Fsp3) is 0.182. The summed E-state index contributed by atoms with van der Waals surface area (Å²) in [6.07, 6.45) is 5.14. The number of esters is 1. The Kier molecular flexibility index (Phi) is 5.76. The monoisotopic (exact) mass is 417 g/mol. The summed E-state index contributed by atoms with van der Waals surface area (Å²) in [7, 11) is 0. The van der Waals surface area contributed by atoms with Crippen LogP contribution < -0.4 is 16.6 Å². The average molecular weight is 417 g/mol. The molecule has 9 nitrogen and oxygen atoms in total. The number of nitrogens with zero attached hydrogens (tertiary/aromatic N) is 5. The van der Waals surface area contributed by atoms with E-state index in [1.807, 2.05) is 30.3 Å². The molecule has 0 saturated heterocycles. The van der Waals surface area contributed by atoms with E-state index in [0.717, 1.165) is 22.0 Å². The number of benzene rings is 1. The van der Waals surface area contributed by atoms with Crippen molar-refractivity contribution in [3.05, 3.63) is 66.6 Å². The van der Waals surface area contributed by atoms with Crippen LogP contribution in [0.2, 0.25) is 0 Å². The molecule has 4 rings (SSSR count). The van der Waals surface area contributed by atoms with Gasteiger partial charge in [0.25, 0.3) is 0 Å². The van der Waals surface area contributed by atoms with E-state index in [1.165, 1.54) is 9.69 Å². The third kappa shape index (κ3) is 4.62. The van der Waals surface area contributed by atoms with E-state index in [2.05, 4.69) is 15.1 Å². The topological polar surface area (TPSA) is 125 Å². The summed E-state index contributed by atoms with van der Waals surface area (Å²) < 4.78 is 6.46. The molecule has 3 aromatic heterocycles. The summed E-state index contributed by atoms with van der Waals surface area (Å²) >= 11 is 0. The molecule has 9 heteroatoms. The van der Waals surface area contributed by atoms with Crippen molar-refractivity contribution in [3.63, 3.8) is 0 Å². The number of ether oxygens (including phenoxy) is 1. The van der Waals surface area contributed by atoms with Crippen molar-refractivity contribution >= 4 is 28.4 Å². The number of anilines is 2. The maximum absolute atomic E-state index is 11.7. The van der Waals surface area contributed by atoms with Gasteiger partial charge in [-0.3, -0.25) is 19.5 Å². The predicted molar refractivity (Wildman–Crippen MR) is 119 cm³/mol. The zero-order chi connectivity index (χ0) is 21.8. The molecule has 4 N–H and O–H groups in total. The number of nitrogens with two attached hydrogens (primary N) is 2. The molecule has 158 valence electrons. The van der Waals surface area contributed by atoms with Crippen LogP contribution in [0.3, 0.4) is 0 Å². The normalized spacial score (nSPS) is 10.9. The summed E-state index contributed by atoms with van der Waals surface area (Å²) in [5.41, 5.74) is 9.94. The van der Waals surface area contributed by atoms with Crippen LogP contribution in [0.5, 0.6) is 0 Å². The van der Waals surface area contributed by atoms with E-state index in [0.29, 0.717) is 30.4 Å². The Hall–Kier alpha value is -3.98. The van der Waals surface area contributed by atoms with E-state index in [1.54, 1.807) is 37.6 Å². The van der Waals surface area contributed by atoms with Crippen molar-refractivity contribution in [2.45, 2.75) is 20.0 Å². The number of carbonyl (C=O) groups is 1. The highest BCUT2D eigenvalue weighted by molar-refractivity contribution is 5.79. The first-order chi connectivity index (χ1) is 15.0. The van der Waals surface area contributed by atoms with E-state index in [4.69, 9.17) is 16.3 Å². The van der Waals surface area contributed by atoms with Crippen LogP contribution in [-0.4, -0.2) is 32.3 Å². The number of fused-ring (bicyclic) bond motifs is 1. The van der Waals surface area contributed by atoms with Gasteiger partial charge >= 0.3 is 5.97 Å². The molecule has 3 heterocycles. The van der Waals surface area contributed by atoms with Gasteiger partial charge in [-0.2, -0.15) is 5.10 Å². The van der Waals surface area contributed by atoms with Crippen molar-refractivity contribution in [3.8, 4) is 11.3 Å². The van der Waals surface area contributed by atoms with Gasteiger partial charge in [0.15, 0.2) is 5.82 Å². The summed E-state index contributed by atoms with van der Waals surface area (Å²) in [6, 6.07) is 13.4. The highest BCUT2D eigenvalue weighted by atomic mass is 16.5. The minimum absolute atomic E-state index is 0.0372. The predicted octanol–water partition coefficient (Wildman–Crippen LogP) is 2.52. The molecule has 0 fully saturated rings. The van der Waals surface area contributed by atoms with Crippen molar-refractivity contribution in [2.75, 3.05) is 17.3 Å². The molecule has 0 amide bonds. The number of nitrogen functional groups attached to an aromatic ring is 1. The molecule has 0 unspecified atom stereocenters. The van der Waals surface area contributed by atoms with Crippen molar-refractivity contribution < 1.29 is 9.53 Å². The molecule has 0 aliphatic heterocycles. The maximum Gasteiger partial charge on any atom is 0.327 e. The number of hydrogen-bond donors (Lipinski definition) is 2. The molecule has 0 aliphatic carbocycles. The first kappa shape index (κ1) is 20.3. The zero-order valence-electron chi connectivity index (χ0n) is 17.1. The van der Waals surface area contributed by atoms with Gasteiger partial charge in [0.2, 0.25) is 0 Å². The quantitative estimate of drug-likeness (QED) is 0.267. The molecular weight excluding hydrogens is 394 g/mol. The van der Waals surface area contributed by atoms with Gasteiger partial charge in [0.05, 0.1) is 36.2 Å². The van der Waals surface area contributed by atoms with Gasteiger partial charge in [0.1, 0.15) is 6.54 Å². The Bertz CT molecular complexity index is 1220. The Morgan fingerprint density at radius 2 is 2.10 bits per heavy atom. The van der Waals surface area contributed by atoms with Gasteiger partial charge in [-0.05, 0) is 42.8 Å². The summed E-state index contributed by atoms with van der Waals surface area (Å²) in [4.78, 5) is 20.6. The SMILES string of the molecule is CCOC(=O)Cn1cc(-c2ccc(N)c(N(N)Cc3ccc4ncccc4c3)n2)cn1. The molecule has 0 atom stereocenters. The lowest BCUT2D eigenvalue weighted by Crippen LogP contribution is -2.31. The number of aromatic nitrogens is 4. The molecule has 4 aromatic rings. The molecule has 0 spiro atoms. The second-order valence-electron chi connectivity index (χ2n) is 7.00. The fourth-order valence-electron chi connectivity index (χ4n) is 3.27. The summed E-state index contributed by atoms with van der Waals surface area (Å²) in [5.74, 6) is 6.43. The minimum atomic E-state index is -0.346. The number of rotatable bonds is 7. The molecule has 0 radical (unpaired) electrons. The van der Waals surface area contributed by atoms with Crippen molar-refractivity contribution in [1.29, 1.82) is 0 Å². The lowest BCUT2D eigenvalue weighted by Gasteiger charge is -2.20. The largest absolute Gasteiger partial charge is 0.465 e. The Labute approximate surface area is 179 Å². The van der Waals surface area contributed by atoms with Crippen LogP contribution in [0.25, 0.3) is 22.2 Å². The highest BCUT2D eigenvalue weighted by Crippen LogP contribution is 2.26. The number of hydrogen-bond acceptors (Lipinski definition) is 8. The van der Waals surface area contributed by atoms with E-state index in [-0.39, 0.29) is 12.5 Å². The summed E-state index contributed by atoms with van der Waals surface area (Å²) in [5, 5.41) is 6.75. The fourth-order valence-corrected chi connectivity index (χ4v) is 3.27. The van der Waals surface area contributed by atoms with E-state index < -0.39 is 0 Å². The standard InChI is InChI=1S/C22H23N7O2/c1-2-31-21(30)14-28-13-17(11-26-28)20-8-6-18(23)22(27-20)29(24)12-15-5-7-19-16(10-15)4-3-9-25-19/h3-11,13H,2,12,14,23-24H2,1H3. The Morgan fingerprint density at radius 1 is 1.23 bits per heavy atom. The van der Waals surface area contributed by atoms with E-state index in [9.17, 15) is 4.79 Å². The van der Waals surface area contributed by atoms with Gasteiger partial charge in [0, 0.05) is 23.3 Å². The first-order valence-electron chi connectivity index (χ1n) is 9.84.